The van der Waals surface area contributed by atoms with Crippen LogP contribution in [0.15, 0.2) is 34.5 Å². The molecule has 2 aliphatic heterocycles. The van der Waals surface area contributed by atoms with Gasteiger partial charge in [-0.15, -0.1) is 23.1 Å². The largest absolute Gasteiger partial charge is 0.479 e. The van der Waals surface area contributed by atoms with E-state index in [1.54, 1.807) is 0 Å². The summed E-state index contributed by atoms with van der Waals surface area (Å²) in [6.45, 7) is 2.77. The number of carbonyl (C=O) groups excluding carboxylic acids is 2. The topological polar surface area (TPSA) is 185 Å². The molecule has 0 unspecified atom stereocenters. The number of anilines is 1. The number of nitrogens with zero attached hydrogens (tertiary/aromatic N) is 3. The molecule has 2 atom stereocenters. The summed E-state index contributed by atoms with van der Waals surface area (Å²) in [5.41, 5.74) is 5.48. The fourth-order valence-corrected chi connectivity index (χ4v) is 4.65. The molecule has 1 saturated heterocycles. The first kappa shape index (κ1) is 21.3. The Bertz CT molecular complexity index is 1000. The Balaban J connectivity index is 1.79. The van der Waals surface area contributed by atoms with E-state index >= 15 is 0 Å². The van der Waals surface area contributed by atoms with Crippen LogP contribution in [0.1, 0.15) is 5.69 Å². The number of nitrogens with two attached hydrogens (primary N) is 1. The summed E-state index contributed by atoms with van der Waals surface area (Å²) < 4.78 is 0. The average molecular weight is 453 g/mol. The number of carboxylic acid groups (broad SMARTS) is 2. The molecule has 0 aliphatic carbocycles. The van der Waals surface area contributed by atoms with E-state index in [-0.39, 0.29) is 22.2 Å². The molecule has 0 saturated carbocycles. The van der Waals surface area contributed by atoms with Gasteiger partial charge in [0.05, 0.1) is 0 Å². The molecule has 2 aliphatic rings. The van der Waals surface area contributed by atoms with Gasteiger partial charge < -0.3 is 26.1 Å². The second-order valence-corrected chi connectivity index (χ2v) is 7.92. The van der Waals surface area contributed by atoms with Crippen LogP contribution in [-0.4, -0.2) is 73.3 Å². The molecule has 158 valence electrons. The number of aromatic nitrogens is 1. The van der Waals surface area contributed by atoms with E-state index in [0.717, 1.165) is 16.2 Å². The fourth-order valence-electron chi connectivity index (χ4n) is 2.76. The van der Waals surface area contributed by atoms with Crippen molar-refractivity contribution in [3.8, 4) is 0 Å². The molecular formula is C16H15N5O7S2. The molecular weight excluding hydrogens is 438 g/mol. The Morgan fingerprint density at radius 1 is 1.47 bits per heavy atom. The third-order valence-electron chi connectivity index (χ3n) is 4.06. The van der Waals surface area contributed by atoms with Crippen molar-refractivity contribution in [3.63, 3.8) is 0 Å². The number of hydrogen-bond donors (Lipinski definition) is 4. The molecule has 2 amide bonds. The normalized spacial score (nSPS) is 20.9. The molecule has 3 rings (SSSR count). The Labute approximate surface area is 177 Å². The van der Waals surface area contributed by atoms with Crippen LogP contribution >= 0.6 is 23.1 Å². The zero-order chi connectivity index (χ0) is 22.0. The van der Waals surface area contributed by atoms with Crippen LogP contribution in [0.3, 0.4) is 0 Å². The highest BCUT2D eigenvalue weighted by molar-refractivity contribution is 8.00. The Hall–Kier alpha value is -3.39. The lowest BCUT2D eigenvalue weighted by Crippen LogP contribution is -2.71. The minimum Gasteiger partial charge on any atom is -0.479 e. The van der Waals surface area contributed by atoms with Crippen LogP contribution in [0.5, 0.6) is 0 Å². The second kappa shape index (κ2) is 8.54. The van der Waals surface area contributed by atoms with Crippen molar-refractivity contribution in [2.24, 2.45) is 5.16 Å². The first-order chi connectivity index (χ1) is 14.2. The molecule has 1 aromatic rings. The third-order valence-corrected chi connectivity index (χ3v) is 6.03. The van der Waals surface area contributed by atoms with Crippen LogP contribution < -0.4 is 11.1 Å². The lowest BCUT2D eigenvalue weighted by molar-refractivity contribution is -0.150. The van der Waals surface area contributed by atoms with Crippen LogP contribution in [0, 0.1) is 0 Å². The number of carboxylic acids is 2. The van der Waals surface area contributed by atoms with E-state index in [0.29, 0.717) is 11.3 Å². The quantitative estimate of drug-likeness (QED) is 0.226. The maximum atomic E-state index is 12.7. The summed E-state index contributed by atoms with van der Waals surface area (Å²) in [6, 6.07) is -1.01. The average Bonchev–Trinajstić information content (AvgIpc) is 3.13. The van der Waals surface area contributed by atoms with Gasteiger partial charge in [0.1, 0.15) is 22.8 Å². The summed E-state index contributed by atoms with van der Waals surface area (Å²) in [4.78, 5) is 57.1. The second-order valence-electron chi connectivity index (χ2n) is 5.92. The number of thiazole rings is 1. The van der Waals surface area contributed by atoms with Gasteiger partial charge in [0.25, 0.3) is 11.8 Å². The zero-order valence-corrected chi connectivity index (χ0v) is 16.7. The molecule has 0 bridgehead atoms. The van der Waals surface area contributed by atoms with Crippen molar-refractivity contribution in [2.75, 3.05) is 18.1 Å². The molecule has 30 heavy (non-hydrogen) atoms. The Kier molecular flexibility index (Phi) is 6.07. The predicted molar refractivity (Wildman–Crippen MR) is 107 cm³/mol. The lowest BCUT2D eigenvalue weighted by Gasteiger charge is -2.49. The maximum Gasteiger partial charge on any atom is 0.352 e. The molecule has 3 heterocycles. The number of aliphatic carboxylic acids is 2. The number of nitrogen functional groups attached to an aromatic ring is 1. The molecule has 0 aromatic carbocycles. The summed E-state index contributed by atoms with van der Waals surface area (Å²) in [7, 11) is 0. The fraction of sp³-hybridized carbons (Fsp3) is 0.250. The van der Waals surface area contributed by atoms with Gasteiger partial charge in [-0.25, -0.2) is 14.6 Å². The molecule has 0 radical (unpaired) electrons. The van der Waals surface area contributed by atoms with Gasteiger partial charge in [0.15, 0.2) is 10.8 Å². The number of rotatable bonds is 8. The van der Waals surface area contributed by atoms with Crippen molar-refractivity contribution in [3.05, 3.63) is 35.0 Å². The SMILES string of the molecule is C=CC1=C(C(=O)O)N2C(=O)[C@@H](NC(=O)C(=NOCC(=O)O)c3csc(N)n3)[C@@H]2SC1. The lowest BCUT2D eigenvalue weighted by atomic mass is 10.0. The number of carbonyl (C=O) groups is 4. The van der Waals surface area contributed by atoms with Crippen LogP contribution in [-0.2, 0) is 24.0 Å². The van der Waals surface area contributed by atoms with Gasteiger partial charge in [0, 0.05) is 11.1 Å². The monoisotopic (exact) mass is 453 g/mol. The van der Waals surface area contributed by atoms with Gasteiger partial charge in [-0.1, -0.05) is 17.8 Å². The maximum absolute atomic E-state index is 12.7. The zero-order valence-electron chi connectivity index (χ0n) is 15.1. The molecule has 1 aromatic heterocycles. The van der Waals surface area contributed by atoms with E-state index < -0.39 is 41.8 Å². The first-order valence-corrected chi connectivity index (χ1v) is 10.1. The van der Waals surface area contributed by atoms with Crippen LogP contribution in [0.2, 0.25) is 0 Å². The minimum absolute atomic E-state index is 0.0420. The number of nitrogens with one attached hydrogen (secondary N) is 1. The van der Waals surface area contributed by atoms with Gasteiger partial charge in [-0.3, -0.25) is 14.5 Å². The standard InChI is InChI=1S/C16H15N5O7S2/c1-2-6-4-29-14-10(13(25)21(14)11(6)15(26)27)19-12(24)9(20-28-3-8(22)23)7-5-30-16(17)18-7/h2,5,10,14H,1,3-4H2,(H2,17,18)(H,19,24)(H,22,23)(H,26,27)/t10-,14+/m1/s1. The molecule has 12 nitrogen and oxygen atoms in total. The highest BCUT2D eigenvalue weighted by atomic mass is 32.2. The van der Waals surface area contributed by atoms with E-state index in [9.17, 15) is 24.3 Å². The van der Waals surface area contributed by atoms with Crippen molar-refractivity contribution >= 4 is 57.7 Å². The van der Waals surface area contributed by atoms with Gasteiger partial charge in [0.2, 0.25) is 6.61 Å². The number of β-lactam (4-membered cyclic amide) rings is 1. The molecule has 1 fully saturated rings. The van der Waals surface area contributed by atoms with E-state index in [1.807, 2.05) is 0 Å². The van der Waals surface area contributed by atoms with Crippen molar-refractivity contribution < 1.29 is 34.2 Å². The summed E-state index contributed by atoms with van der Waals surface area (Å²) in [6.07, 6.45) is 1.38. The van der Waals surface area contributed by atoms with Crippen LogP contribution in [0.4, 0.5) is 5.13 Å². The number of thioether (sulfide) groups is 1. The van der Waals surface area contributed by atoms with Crippen molar-refractivity contribution in [1.29, 1.82) is 0 Å². The highest BCUT2D eigenvalue weighted by Gasteiger charge is 2.54. The number of hydrogen-bond acceptors (Lipinski definition) is 10. The number of allylic oxidation sites excluding steroid dienone is 1. The molecule has 14 heteroatoms. The van der Waals surface area contributed by atoms with E-state index in [1.165, 1.54) is 23.2 Å². The summed E-state index contributed by atoms with van der Waals surface area (Å²) >= 11 is 2.30. The molecule has 5 N–H and O–H groups in total. The van der Waals surface area contributed by atoms with Crippen molar-refractivity contribution in [2.45, 2.75) is 11.4 Å². The van der Waals surface area contributed by atoms with E-state index in [4.69, 9.17) is 10.8 Å². The Morgan fingerprint density at radius 2 is 2.20 bits per heavy atom. The van der Waals surface area contributed by atoms with E-state index in [2.05, 4.69) is 26.9 Å². The molecule has 0 spiro atoms. The Morgan fingerprint density at radius 3 is 2.77 bits per heavy atom. The third kappa shape index (κ3) is 3.99. The van der Waals surface area contributed by atoms with Gasteiger partial charge in [-0.05, 0) is 5.57 Å². The van der Waals surface area contributed by atoms with Gasteiger partial charge in [-0.2, -0.15) is 0 Å². The smallest absolute Gasteiger partial charge is 0.352 e. The summed E-state index contributed by atoms with van der Waals surface area (Å²) in [5.74, 6) is -3.72. The number of oxime groups is 1. The van der Waals surface area contributed by atoms with Crippen molar-refractivity contribution in [1.82, 2.24) is 15.2 Å². The number of amides is 2. The van der Waals surface area contributed by atoms with Crippen LogP contribution in [0.25, 0.3) is 0 Å². The first-order valence-electron chi connectivity index (χ1n) is 8.22. The summed E-state index contributed by atoms with van der Waals surface area (Å²) in [5, 5.41) is 25.0. The number of fused-ring (bicyclic) bond motifs is 1. The highest BCUT2D eigenvalue weighted by Crippen LogP contribution is 2.40. The minimum atomic E-state index is -1.30. The predicted octanol–water partition coefficient (Wildman–Crippen LogP) is -0.545. The van der Waals surface area contributed by atoms with Gasteiger partial charge >= 0.3 is 11.9 Å².